The normalized spacial score (nSPS) is 11.7. The summed E-state index contributed by atoms with van der Waals surface area (Å²) in [7, 11) is 0. The zero-order valence-corrected chi connectivity index (χ0v) is 13.0. The molecule has 4 heteroatoms. The topological polar surface area (TPSA) is 50.4 Å². The van der Waals surface area contributed by atoms with Gasteiger partial charge < -0.3 is 15.4 Å². The number of hydrogen-bond acceptors (Lipinski definition) is 3. The van der Waals surface area contributed by atoms with Crippen molar-refractivity contribution in [3.05, 3.63) is 60.2 Å². The van der Waals surface area contributed by atoms with Crippen LogP contribution in [0.4, 0.5) is 0 Å². The van der Waals surface area contributed by atoms with Crippen molar-refractivity contribution >= 4 is 5.91 Å². The van der Waals surface area contributed by atoms with Gasteiger partial charge in [0.25, 0.3) is 5.91 Å². The smallest absolute Gasteiger partial charge is 0.251 e. The molecule has 22 heavy (non-hydrogen) atoms. The summed E-state index contributed by atoms with van der Waals surface area (Å²) in [5.41, 5.74) is 0.629. The van der Waals surface area contributed by atoms with Crippen LogP contribution in [-0.2, 0) is 0 Å². The Morgan fingerprint density at radius 2 is 1.68 bits per heavy atom. The number of amides is 1. The van der Waals surface area contributed by atoms with Gasteiger partial charge in [-0.05, 0) is 49.9 Å². The zero-order chi connectivity index (χ0) is 15.8. The summed E-state index contributed by atoms with van der Waals surface area (Å²) in [6, 6.07) is 17.0. The number of likely N-dealkylation sites (N-methyl/N-ethyl adjacent to an activating group) is 1. The van der Waals surface area contributed by atoms with Gasteiger partial charge in [0, 0.05) is 18.2 Å². The standard InChI is InChI=1S/C18H22N2O2/c1-3-19-14(2)13-20-18(21)15-9-11-17(12-10-15)22-16-7-5-4-6-8-16/h4-12,14,19H,3,13H2,1-2H3,(H,20,21)/t14-/m1/s1. The van der Waals surface area contributed by atoms with Crippen LogP contribution in [0.3, 0.4) is 0 Å². The maximum absolute atomic E-state index is 12.0. The van der Waals surface area contributed by atoms with Crippen LogP contribution in [0.25, 0.3) is 0 Å². The van der Waals surface area contributed by atoms with Gasteiger partial charge in [0.2, 0.25) is 0 Å². The molecule has 116 valence electrons. The van der Waals surface area contributed by atoms with E-state index in [2.05, 4.69) is 10.6 Å². The van der Waals surface area contributed by atoms with Gasteiger partial charge in [-0.15, -0.1) is 0 Å². The van der Waals surface area contributed by atoms with Gasteiger partial charge in [0.05, 0.1) is 0 Å². The van der Waals surface area contributed by atoms with Crippen LogP contribution in [0.5, 0.6) is 11.5 Å². The third-order valence-electron chi connectivity index (χ3n) is 3.22. The first kappa shape index (κ1) is 16.0. The van der Waals surface area contributed by atoms with E-state index in [1.165, 1.54) is 0 Å². The molecule has 2 aromatic carbocycles. The van der Waals surface area contributed by atoms with Crippen molar-refractivity contribution in [2.75, 3.05) is 13.1 Å². The highest BCUT2D eigenvalue weighted by Crippen LogP contribution is 2.20. The van der Waals surface area contributed by atoms with E-state index < -0.39 is 0 Å². The molecule has 2 N–H and O–H groups in total. The van der Waals surface area contributed by atoms with Crippen LogP contribution < -0.4 is 15.4 Å². The van der Waals surface area contributed by atoms with Crippen LogP contribution in [-0.4, -0.2) is 25.0 Å². The number of para-hydroxylation sites is 1. The zero-order valence-electron chi connectivity index (χ0n) is 13.0. The van der Waals surface area contributed by atoms with Crippen molar-refractivity contribution in [1.82, 2.24) is 10.6 Å². The summed E-state index contributed by atoms with van der Waals surface area (Å²) in [4.78, 5) is 12.0. The van der Waals surface area contributed by atoms with Crippen molar-refractivity contribution in [2.45, 2.75) is 19.9 Å². The predicted molar refractivity (Wildman–Crippen MR) is 88.4 cm³/mol. The summed E-state index contributed by atoms with van der Waals surface area (Å²) in [5.74, 6) is 1.42. The molecule has 0 spiro atoms. The molecular formula is C18H22N2O2. The monoisotopic (exact) mass is 298 g/mol. The lowest BCUT2D eigenvalue weighted by Crippen LogP contribution is -2.38. The third kappa shape index (κ3) is 4.90. The second-order valence-electron chi connectivity index (χ2n) is 5.11. The van der Waals surface area contributed by atoms with E-state index in [1.807, 2.05) is 44.2 Å². The second kappa shape index (κ2) is 8.20. The molecule has 4 nitrogen and oxygen atoms in total. The Kier molecular flexibility index (Phi) is 5.98. The maximum Gasteiger partial charge on any atom is 0.251 e. The van der Waals surface area contributed by atoms with E-state index in [-0.39, 0.29) is 11.9 Å². The average molecular weight is 298 g/mol. The lowest BCUT2D eigenvalue weighted by Gasteiger charge is -2.13. The molecule has 0 aromatic heterocycles. The summed E-state index contributed by atoms with van der Waals surface area (Å²) in [6.45, 7) is 5.59. The van der Waals surface area contributed by atoms with Crippen LogP contribution in [0.2, 0.25) is 0 Å². The Bertz CT molecular complexity index is 582. The van der Waals surface area contributed by atoms with Crippen molar-refractivity contribution in [2.24, 2.45) is 0 Å². The minimum atomic E-state index is -0.0731. The van der Waals surface area contributed by atoms with Gasteiger partial charge in [0.1, 0.15) is 11.5 Å². The lowest BCUT2D eigenvalue weighted by atomic mass is 10.2. The van der Waals surface area contributed by atoms with Gasteiger partial charge in [-0.3, -0.25) is 4.79 Å². The molecule has 0 fully saturated rings. The SMILES string of the molecule is CCN[C@H](C)CNC(=O)c1ccc(Oc2ccccc2)cc1. The Morgan fingerprint density at radius 1 is 1.05 bits per heavy atom. The highest BCUT2D eigenvalue weighted by molar-refractivity contribution is 5.94. The predicted octanol–water partition coefficient (Wildman–Crippen LogP) is 3.21. The van der Waals surface area contributed by atoms with Crippen LogP contribution >= 0.6 is 0 Å². The molecule has 2 rings (SSSR count). The highest BCUT2D eigenvalue weighted by atomic mass is 16.5. The van der Waals surface area contributed by atoms with Crippen LogP contribution in [0, 0.1) is 0 Å². The van der Waals surface area contributed by atoms with Crippen molar-refractivity contribution in [3.8, 4) is 11.5 Å². The number of ether oxygens (including phenoxy) is 1. The number of carbonyl (C=O) groups is 1. The fraction of sp³-hybridized carbons (Fsp3) is 0.278. The van der Waals surface area contributed by atoms with Crippen LogP contribution in [0.15, 0.2) is 54.6 Å². The van der Waals surface area contributed by atoms with Crippen molar-refractivity contribution in [3.63, 3.8) is 0 Å². The number of rotatable bonds is 7. The minimum Gasteiger partial charge on any atom is -0.457 e. The molecule has 2 aromatic rings. The quantitative estimate of drug-likeness (QED) is 0.825. The van der Waals surface area contributed by atoms with E-state index >= 15 is 0 Å². The summed E-state index contributed by atoms with van der Waals surface area (Å²) >= 11 is 0. The van der Waals surface area contributed by atoms with E-state index in [1.54, 1.807) is 24.3 Å². The molecular weight excluding hydrogens is 276 g/mol. The lowest BCUT2D eigenvalue weighted by molar-refractivity contribution is 0.0950. The molecule has 0 radical (unpaired) electrons. The number of carbonyl (C=O) groups excluding carboxylic acids is 1. The molecule has 0 heterocycles. The summed E-state index contributed by atoms with van der Waals surface area (Å²) in [5, 5.41) is 6.16. The third-order valence-corrected chi connectivity index (χ3v) is 3.22. The Balaban J connectivity index is 1.89. The first-order chi connectivity index (χ1) is 10.7. The first-order valence-electron chi connectivity index (χ1n) is 7.53. The molecule has 0 aliphatic heterocycles. The van der Waals surface area contributed by atoms with Gasteiger partial charge in [0.15, 0.2) is 0 Å². The maximum atomic E-state index is 12.0. The fourth-order valence-corrected chi connectivity index (χ4v) is 2.07. The number of nitrogens with one attached hydrogen (secondary N) is 2. The molecule has 0 unspecified atom stereocenters. The molecule has 0 saturated carbocycles. The van der Waals surface area contributed by atoms with Gasteiger partial charge >= 0.3 is 0 Å². The molecule has 0 aliphatic rings. The second-order valence-corrected chi connectivity index (χ2v) is 5.11. The van der Waals surface area contributed by atoms with Crippen LogP contribution in [0.1, 0.15) is 24.2 Å². The molecule has 1 atom stereocenters. The summed E-state index contributed by atoms with van der Waals surface area (Å²) < 4.78 is 5.70. The average Bonchev–Trinajstić information content (AvgIpc) is 2.54. The minimum absolute atomic E-state index is 0.0731. The van der Waals surface area contributed by atoms with Gasteiger partial charge in [-0.1, -0.05) is 25.1 Å². The van der Waals surface area contributed by atoms with Gasteiger partial charge in [-0.25, -0.2) is 0 Å². The number of benzene rings is 2. The van der Waals surface area contributed by atoms with E-state index in [9.17, 15) is 4.79 Å². The summed E-state index contributed by atoms with van der Waals surface area (Å²) in [6.07, 6.45) is 0. The van der Waals surface area contributed by atoms with Crippen molar-refractivity contribution in [1.29, 1.82) is 0 Å². The highest BCUT2D eigenvalue weighted by Gasteiger charge is 2.07. The van der Waals surface area contributed by atoms with E-state index in [4.69, 9.17) is 4.74 Å². The van der Waals surface area contributed by atoms with E-state index in [0.717, 1.165) is 12.3 Å². The Morgan fingerprint density at radius 3 is 2.32 bits per heavy atom. The van der Waals surface area contributed by atoms with Gasteiger partial charge in [-0.2, -0.15) is 0 Å². The molecule has 0 bridgehead atoms. The number of hydrogen-bond donors (Lipinski definition) is 2. The molecule has 0 saturated heterocycles. The molecule has 1 amide bonds. The Labute approximate surface area is 131 Å². The van der Waals surface area contributed by atoms with E-state index in [0.29, 0.717) is 17.9 Å². The fourth-order valence-electron chi connectivity index (χ4n) is 2.07. The Hall–Kier alpha value is -2.33. The molecule has 0 aliphatic carbocycles. The largest absolute Gasteiger partial charge is 0.457 e. The van der Waals surface area contributed by atoms with Crippen molar-refractivity contribution < 1.29 is 9.53 Å². The first-order valence-corrected chi connectivity index (χ1v) is 7.53.